The average Bonchev–Trinajstić information content (AvgIpc) is 3.12. The van der Waals surface area contributed by atoms with Gasteiger partial charge in [-0.15, -0.1) is 11.3 Å². The highest BCUT2D eigenvalue weighted by Crippen LogP contribution is 2.13. The van der Waals surface area contributed by atoms with Gasteiger partial charge in [0.1, 0.15) is 5.69 Å². The summed E-state index contributed by atoms with van der Waals surface area (Å²) >= 11 is 1.71. The largest absolute Gasteiger partial charge is 0.347 e. The van der Waals surface area contributed by atoms with Crippen LogP contribution >= 0.6 is 11.3 Å². The molecule has 1 aliphatic rings. The van der Waals surface area contributed by atoms with E-state index in [1.165, 1.54) is 4.88 Å². The fraction of sp³-hybridized carbons (Fsp3) is 0.400. The fourth-order valence-electron chi connectivity index (χ4n) is 2.56. The number of nitrogens with zero attached hydrogens (tertiary/aromatic N) is 1. The Kier molecular flexibility index (Phi) is 4.18. The lowest BCUT2D eigenvalue weighted by atomic mass is 10.1. The summed E-state index contributed by atoms with van der Waals surface area (Å²) in [7, 11) is 0. The van der Waals surface area contributed by atoms with Crippen molar-refractivity contribution in [3.8, 4) is 0 Å². The van der Waals surface area contributed by atoms with Crippen molar-refractivity contribution in [2.45, 2.75) is 25.4 Å². The molecule has 1 unspecified atom stereocenters. The van der Waals surface area contributed by atoms with E-state index in [0.717, 1.165) is 38.2 Å². The van der Waals surface area contributed by atoms with E-state index < -0.39 is 0 Å². The van der Waals surface area contributed by atoms with Crippen molar-refractivity contribution in [3.63, 3.8) is 0 Å². The molecule has 3 heterocycles. The van der Waals surface area contributed by atoms with Crippen LogP contribution in [0.2, 0.25) is 0 Å². The van der Waals surface area contributed by atoms with Crippen LogP contribution in [0.3, 0.4) is 0 Å². The molecular formula is C15H19N3OS. The summed E-state index contributed by atoms with van der Waals surface area (Å²) in [5, 5.41) is 8.50. The van der Waals surface area contributed by atoms with Crippen LogP contribution in [0.5, 0.6) is 0 Å². The SMILES string of the molecule is O=C(NC1CCCNC1)c1cccn1Cc1cccs1. The van der Waals surface area contributed by atoms with Gasteiger partial charge in [-0.3, -0.25) is 4.79 Å². The van der Waals surface area contributed by atoms with Crippen molar-refractivity contribution >= 4 is 17.2 Å². The van der Waals surface area contributed by atoms with Gasteiger partial charge >= 0.3 is 0 Å². The number of amides is 1. The first kappa shape index (κ1) is 13.4. The highest BCUT2D eigenvalue weighted by Gasteiger charge is 2.18. The summed E-state index contributed by atoms with van der Waals surface area (Å²) in [6, 6.07) is 8.20. The van der Waals surface area contributed by atoms with Crippen molar-refractivity contribution in [2.24, 2.45) is 0 Å². The van der Waals surface area contributed by atoms with Gasteiger partial charge in [0.25, 0.3) is 5.91 Å². The number of thiophene rings is 1. The summed E-state index contributed by atoms with van der Waals surface area (Å²) in [6.45, 7) is 2.69. The van der Waals surface area contributed by atoms with Gasteiger partial charge in [0.2, 0.25) is 0 Å². The molecule has 0 spiro atoms. The van der Waals surface area contributed by atoms with E-state index in [1.54, 1.807) is 11.3 Å². The Morgan fingerprint density at radius 2 is 2.40 bits per heavy atom. The maximum absolute atomic E-state index is 12.4. The Morgan fingerprint density at radius 1 is 1.45 bits per heavy atom. The molecular weight excluding hydrogens is 270 g/mol. The lowest BCUT2D eigenvalue weighted by Gasteiger charge is -2.24. The van der Waals surface area contributed by atoms with Gasteiger partial charge in [0.15, 0.2) is 0 Å². The highest BCUT2D eigenvalue weighted by molar-refractivity contribution is 7.09. The van der Waals surface area contributed by atoms with Crippen LogP contribution in [0.25, 0.3) is 0 Å². The normalized spacial score (nSPS) is 18.9. The monoisotopic (exact) mass is 289 g/mol. The van der Waals surface area contributed by atoms with Crippen molar-refractivity contribution in [1.29, 1.82) is 0 Å². The average molecular weight is 289 g/mol. The Bertz CT molecular complexity index is 555. The Labute approximate surface area is 122 Å². The van der Waals surface area contributed by atoms with Crippen molar-refractivity contribution in [1.82, 2.24) is 15.2 Å². The highest BCUT2D eigenvalue weighted by atomic mass is 32.1. The second-order valence-electron chi connectivity index (χ2n) is 5.12. The molecule has 106 valence electrons. The first-order valence-electron chi connectivity index (χ1n) is 7.02. The molecule has 0 radical (unpaired) electrons. The van der Waals surface area contributed by atoms with E-state index in [2.05, 4.69) is 22.1 Å². The van der Waals surface area contributed by atoms with Crippen molar-refractivity contribution in [3.05, 3.63) is 46.4 Å². The lowest BCUT2D eigenvalue weighted by Crippen LogP contribution is -2.46. The van der Waals surface area contributed by atoms with Crippen LogP contribution in [0, 0.1) is 0 Å². The molecule has 2 aromatic heterocycles. The van der Waals surface area contributed by atoms with Crippen molar-refractivity contribution < 1.29 is 4.79 Å². The van der Waals surface area contributed by atoms with E-state index >= 15 is 0 Å². The van der Waals surface area contributed by atoms with Crippen LogP contribution in [-0.2, 0) is 6.54 Å². The minimum atomic E-state index is 0.0280. The molecule has 0 saturated carbocycles. The topological polar surface area (TPSA) is 46.1 Å². The van der Waals surface area contributed by atoms with Crippen LogP contribution in [-0.4, -0.2) is 29.6 Å². The minimum Gasteiger partial charge on any atom is -0.347 e. The summed E-state index contributed by atoms with van der Waals surface area (Å²) in [4.78, 5) is 13.6. The maximum atomic E-state index is 12.4. The van der Waals surface area contributed by atoms with E-state index in [0.29, 0.717) is 0 Å². The summed E-state index contributed by atoms with van der Waals surface area (Å²) in [6.07, 6.45) is 4.15. The standard InChI is InChI=1S/C15H19N3OS/c19-15(17-12-4-1-7-16-10-12)14-6-2-8-18(14)11-13-5-3-9-20-13/h2-3,5-6,8-9,12,16H,1,4,7,10-11H2,(H,17,19). The summed E-state index contributed by atoms with van der Waals surface area (Å²) < 4.78 is 2.01. The third-order valence-corrected chi connectivity index (χ3v) is 4.46. The zero-order chi connectivity index (χ0) is 13.8. The third-order valence-electron chi connectivity index (χ3n) is 3.60. The Morgan fingerprint density at radius 3 is 3.15 bits per heavy atom. The molecule has 1 aliphatic heterocycles. The number of hydrogen-bond acceptors (Lipinski definition) is 3. The van der Waals surface area contributed by atoms with Crippen molar-refractivity contribution in [2.75, 3.05) is 13.1 Å². The van der Waals surface area contributed by atoms with E-state index in [9.17, 15) is 4.79 Å². The molecule has 2 N–H and O–H groups in total. The van der Waals surface area contributed by atoms with Gasteiger partial charge in [-0.1, -0.05) is 6.07 Å². The zero-order valence-electron chi connectivity index (χ0n) is 11.3. The third kappa shape index (κ3) is 3.11. The number of piperidine rings is 1. The van der Waals surface area contributed by atoms with Crippen LogP contribution in [0.1, 0.15) is 28.2 Å². The zero-order valence-corrected chi connectivity index (χ0v) is 12.2. The van der Waals surface area contributed by atoms with Crippen LogP contribution in [0.15, 0.2) is 35.8 Å². The second kappa shape index (κ2) is 6.24. The minimum absolute atomic E-state index is 0.0280. The number of nitrogens with one attached hydrogen (secondary N) is 2. The van der Waals surface area contributed by atoms with Crippen LogP contribution in [0.4, 0.5) is 0 Å². The molecule has 5 heteroatoms. The molecule has 1 amide bonds. The predicted molar refractivity (Wildman–Crippen MR) is 81.2 cm³/mol. The molecule has 3 rings (SSSR count). The molecule has 0 aromatic carbocycles. The molecule has 1 fully saturated rings. The molecule has 20 heavy (non-hydrogen) atoms. The first-order chi connectivity index (χ1) is 9.83. The number of carbonyl (C=O) groups excluding carboxylic acids is 1. The summed E-state index contributed by atoms with van der Waals surface area (Å²) in [5.41, 5.74) is 0.740. The number of hydrogen-bond donors (Lipinski definition) is 2. The molecule has 1 saturated heterocycles. The van der Waals surface area contributed by atoms with E-state index in [4.69, 9.17) is 0 Å². The maximum Gasteiger partial charge on any atom is 0.268 e. The van der Waals surface area contributed by atoms with Gasteiger partial charge in [-0.05, 0) is 43.0 Å². The molecule has 1 atom stereocenters. The molecule has 4 nitrogen and oxygen atoms in total. The molecule has 0 bridgehead atoms. The van der Waals surface area contributed by atoms with Gasteiger partial charge < -0.3 is 15.2 Å². The van der Waals surface area contributed by atoms with Gasteiger partial charge in [-0.25, -0.2) is 0 Å². The summed E-state index contributed by atoms with van der Waals surface area (Å²) in [5.74, 6) is 0.0280. The first-order valence-corrected chi connectivity index (χ1v) is 7.90. The fourth-order valence-corrected chi connectivity index (χ4v) is 3.27. The van der Waals surface area contributed by atoms with E-state index in [-0.39, 0.29) is 11.9 Å². The quantitative estimate of drug-likeness (QED) is 0.905. The Hall–Kier alpha value is -1.59. The number of rotatable bonds is 4. The van der Waals surface area contributed by atoms with E-state index in [1.807, 2.05) is 29.0 Å². The number of carbonyl (C=O) groups is 1. The van der Waals surface area contributed by atoms with Gasteiger partial charge in [-0.2, -0.15) is 0 Å². The Balaban J connectivity index is 1.67. The molecule has 2 aromatic rings. The molecule has 0 aliphatic carbocycles. The lowest BCUT2D eigenvalue weighted by molar-refractivity contribution is 0.0922. The van der Waals surface area contributed by atoms with Gasteiger partial charge in [0.05, 0.1) is 6.54 Å². The van der Waals surface area contributed by atoms with Crippen LogP contribution < -0.4 is 10.6 Å². The van der Waals surface area contributed by atoms with Gasteiger partial charge in [0, 0.05) is 23.7 Å². The second-order valence-corrected chi connectivity index (χ2v) is 6.15. The number of aromatic nitrogens is 1. The predicted octanol–water partition coefficient (Wildman–Crippen LogP) is 2.08. The smallest absolute Gasteiger partial charge is 0.268 e.